The number of carbonyl (C=O) groups excluding carboxylic acids is 2. The van der Waals surface area contributed by atoms with Crippen molar-refractivity contribution in [3.05, 3.63) is 23.0 Å². The summed E-state index contributed by atoms with van der Waals surface area (Å²) >= 11 is 0. The lowest BCUT2D eigenvalue weighted by Gasteiger charge is -2.03. The Morgan fingerprint density at radius 2 is 2.12 bits per heavy atom. The van der Waals surface area contributed by atoms with Crippen molar-refractivity contribution in [1.29, 1.82) is 0 Å². The molecule has 1 aromatic heterocycles. The van der Waals surface area contributed by atoms with Crippen LogP contribution in [0.5, 0.6) is 0 Å². The van der Waals surface area contributed by atoms with Crippen molar-refractivity contribution < 1.29 is 14.3 Å². The van der Waals surface area contributed by atoms with E-state index in [0.717, 1.165) is 6.42 Å². The molecule has 5 nitrogen and oxygen atoms in total. The third-order valence-electron chi connectivity index (χ3n) is 2.40. The zero-order valence-electron chi connectivity index (χ0n) is 10.4. The number of hydrogen-bond acceptors (Lipinski definition) is 3. The highest BCUT2D eigenvalue weighted by Crippen LogP contribution is 2.13. The number of amides is 1. The van der Waals surface area contributed by atoms with Gasteiger partial charge in [-0.1, -0.05) is 6.92 Å². The van der Waals surface area contributed by atoms with Crippen LogP contribution in [0, 0.1) is 6.92 Å². The largest absolute Gasteiger partial charge is 0.461 e. The molecule has 0 bridgehead atoms. The van der Waals surface area contributed by atoms with E-state index < -0.39 is 5.97 Å². The third kappa shape index (κ3) is 3.09. The lowest BCUT2D eigenvalue weighted by Crippen LogP contribution is -2.24. The fraction of sp³-hybridized carbons (Fsp3) is 0.500. The van der Waals surface area contributed by atoms with Gasteiger partial charge in [0, 0.05) is 12.7 Å². The Labute approximate surface area is 101 Å². The monoisotopic (exact) mass is 238 g/mol. The van der Waals surface area contributed by atoms with E-state index in [-0.39, 0.29) is 5.91 Å². The van der Waals surface area contributed by atoms with Gasteiger partial charge >= 0.3 is 5.97 Å². The fourth-order valence-corrected chi connectivity index (χ4v) is 1.48. The predicted molar refractivity (Wildman–Crippen MR) is 64.1 cm³/mol. The number of carbonyl (C=O) groups is 2. The van der Waals surface area contributed by atoms with Crippen molar-refractivity contribution >= 4 is 11.9 Å². The summed E-state index contributed by atoms with van der Waals surface area (Å²) in [5.41, 5.74) is 1.45. The van der Waals surface area contributed by atoms with Crippen molar-refractivity contribution in [3.63, 3.8) is 0 Å². The molecule has 1 rings (SSSR count). The van der Waals surface area contributed by atoms with Crippen molar-refractivity contribution in [3.8, 4) is 0 Å². The molecule has 0 atom stereocenters. The number of hydrogen-bond donors (Lipinski definition) is 2. The van der Waals surface area contributed by atoms with E-state index in [1.807, 2.05) is 6.92 Å². The Kier molecular flexibility index (Phi) is 4.75. The van der Waals surface area contributed by atoms with Crippen LogP contribution in [-0.4, -0.2) is 30.0 Å². The first-order chi connectivity index (χ1) is 8.11. The Bertz CT molecular complexity index is 410. The van der Waals surface area contributed by atoms with E-state index in [0.29, 0.717) is 30.0 Å². The van der Waals surface area contributed by atoms with Crippen LogP contribution in [0.4, 0.5) is 0 Å². The zero-order valence-corrected chi connectivity index (χ0v) is 10.4. The number of rotatable bonds is 5. The highest BCUT2D eigenvalue weighted by molar-refractivity contribution is 5.99. The van der Waals surface area contributed by atoms with Gasteiger partial charge in [0.15, 0.2) is 0 Å². The summed E-state index contributed by atoms with van der Waals surface area (Å²) in [6, 6.07) is 0. The number of H-pyrrole nitrogens is 1. The van der Waals surface area contributed by atoms with Gasteiger partial charge in [-0.05, 0) is 25.8 Å². The van der Waals surface area contributed by atoms with Crippen molar-refractivity contribution in [2.24, 2.45) is 0 Å². The molecular formula is C12H18N2O3. The average Bonchev–Trinajstić information content (AvgIpc) is 2.68. The smallest absolute Gasteiger partial charge is 0.355 e. The summed E-state index contributed by atoms with van der Waals surface area (Å²) in [6.45, 7) is 6.38. The van der Waals surface area contributed by atoms with Crippen LogP contribution in [0.15, 0.2) is 6.20 Å². The zero-order chi connectivity index (χ0) is 12.8. The molecule has 0 fully saturated rings. The first-order valence-corrected chi connectivity index (χ1v) is 5.75. The lowest BCUT2D eigenvalue weighted by atomic mass is 10.1. The molecule has 0 aliphatic heterocycles. The van der Waals surface area contributed by atoms with Crippen LogP contribution >= 0.6 is 0 Å². The van der Waals surface area contributed by atoms with Gasteiger partial charge < -0.3 is 15.0 Å². The van der Waals surface area contributed by atoms with Crippen molar-refractivity contribution in [1.82, 2.24) is 10.3 Å². The Balaban J connectivity index is 2.83. The SMILES string of the molecule is CCCNC(=O)c1c[nH]c(C(=O)OCC)c1C. The molecule has 0 saturated carbocycles. The maximum atomic E-state index is 11.7. The topological polar surface area (TPSA) is 71.2 Å². The Morgan fingerprint density at radius 3 is 2.71 bits per heavy atom. The molecule has 0 saturated heterocycles. The van der Waals surface area contributed by atoms with Gasteiger partial charge in [-0.2, -0.15) is 0 Å². The summed E-state index contributed by atoms with van der Waals surface area (Å²) < 4.78 is 4.88. The quantitative estimate of drug-likeness (QED) is 0.766. The predicted octanol–water partition coefficient (Wildman–Crippen LogP) is 1.64. The summed E-state index contributed by atoms with van der Waals surface area (Å²) in [5, 5.41) is 2.76. The fourth-order valence-electron chi connectivity index (χ4n) is 1.48. The van der Waals surface area contributed by atoms with E-state index in [1.165, 1.54) is 6.20 Å². The number of aromatic nitrogens is 1. The molecule has 0 unspecified atom stereocenters. The molecule has 0 aliphatic carbocycles. The molecule has 94 valence electrons. The number of aromatic amines is 1. The van der Waals surface area contributed by atoms with E-state index >= 15 is 0 Å². The minimum atomic E-state index is -0.431. The van der Waals surface area contributed by atoms with Crippen LogP contribution in [0.3, 0.4) is 0 Å². The molecule has 17 heavy (non-hydrogen) atoms. The van der Waals surface area contributed by atoms with Crippen LogP contribution in [0.1, 0.15) is 46.7 Å². The molecule has 1 amide bonds. The molecular weight excluding hydrogens is 220 g/mol. The van der Waals surface area contributed by atoms with Gasteiger partial charge in [0.1, 0.15) is 5.69 Å². The minimum absolute atomic E-state index is 0.170. The van der Waals surface area contributed by atoms with E-state index in [4.69, 9.17) is 4.74 Å². The molecule has 0 radical (unpaired) electrons. The van der Waals surface area contributed by atoms with E-state index in [2.05, 4.69) is 10.3 Å². The number of ether oxygens (including phenoxy) is 1. The van der Waals surface area contributed by atoms with Crippen molar-refractivity contribution in [2.45, 2.75) is 27.2 Å². The molecule has 0 aliphatic rings. The van der Waals surface area contributed by atoms with Crippen molar-refractivity contribution in [2.75, 3.05) is 13.2 Å². The maximum absolute atomic E-state index is 11.7. The molecule has 1 heterocycles. The summed E-state index contributed by atoms with van der Waals surface area (Å²) in [6.07, 6.45) is 2.41. The van der Waals surface area contributed by atoms with Gasteiger partial charge in [0.25, 0.3) is 5.91 Å². The standard InChI is InChI=1S/C12H18N2O3/c1-4-6-13-11(15)9-7-14-10(8(9)3)12(16)17-5-2/h7,14H,4-6H2,1-3H3,(H,13,15). The maximum Gasteiger partial charge on any atom is 0.355 e. The van der Waals surface area contributed by atoms with E-state index in [9.17, 15) is 9.59 Å². The second-order valence-electron chi connectivity index (χ2n) is 3.68. The second-order valence-corrected chi connectivity index (χ2v) is 3.68. The normalized spacial score (nSPS) is 10.1. The average molecular weight is 238 g/mol. The van der Waals surface area contributed by atoms with Crippen LogP contribution < -0.4 is 5.32 Å². The second kappa shape index (κ2) is 6.08. The molecule has 2 N–H and O–H groups in total. The van der Waals surface area contributed by atoms with Gasteiger partial charge in [-0.3, -0.25) is 4.79 Å². The highest BCUT2D eigenvalue weighted by Gasteiger charge is 2.18. The minimum Gasteiger partial charge on any atom is -0.461 e. The lowest BCUT2D eigenvalue weighted by molar-refractivity contribution is 0.0519. The number of nitrogens with one attached hydrogen (secondary N) is 2. The van der Waals surface area contributed by atoms with Gasteiger partial charge in [-0.25, -0.2) is 4.79 Å². The Hall–Kier alpha value is -1.78. The Morgan fingerprint density at radius 1 is 1.41 bits per heavy atom. The molecule has 0 aromatic carbocycles. The summed E-state index contributed by atoms with van der Waals surface area (Å²) in [7, 11) is 0. The number of esters is 1. The molecule has 0 spiro atoms. The van der Waals surface area contributed by atoms with E-state index in [1.54, 1.807) is 13.8 Å². The van der Waals surface area contributed by atoms with Gasteiger partial charge in [0.05, 0.1) is 12.2 Å². The molecule has 5 heteroatoms. The summed E-state index contributed by atoms with van der Waals surface area (Å²) in [5.74, 6) is -0.601. The van der Waals surface area contributed by atoms with Gasteiger partial charge in [0.2, 0.25) is 0 Å². The van der Waals surface area contributed by atoms with Gasteiger partial charge in [-0.15, -0.1) is 0 Å². The summed E-state index contributed by atoms with van der Waals surface area (Å²) in [4.78, 5) is 26.0. The first-order valence-electron chi connectivity index (χ1n) is 5.75. The van der Waals surface area contributed by atoms with Crippen LogP contribution in [-0.2, 0) is 4.74 Å². The molecule has 1 aromatic rings. The highest BCUT2D eigenvalue weighted by atomic mass is 16.5. The first kappa shape index (κ1) is 13.3. The van der Waals surface area contributed by atoms with Crippen LogP contribution in [0.25, 0.3) is 0 Å². The van der Waals surface area contributed by atoms with Crippen LogP contribution in [0.2, 0.25) is 0 Å². The third-order valence-corrected chi connectivity index (χ3v) is 2.40.